The standard InChI is InChI=1S/C27H31F3N4O6S/c1-4-18(2)40-26(39)33(3)14-15-34(25(38)32-21-6-5-7-22(16-21)41-27(28,29)30)17-19-8-10-20(11-9-19)24(37)31-13-12-23(35)36/h4-11,16H,12-15,17H2,1-3H3,(H,31,37)(H,32,38)(H,35,36)/b18-4+. The summed E-state index contributed by atoms with van der Waals surface area (Å²) in [6, 6.07) is 11.0. The van der Waals surface area contributed by atoms with Crippen molar-refractivity contribution in [3.05, 3.63) is 71.5 Å². The van der Waals surface area contributed by atoms with Crippen molar-refractivity contribution in [1.82, 2.24) is 15.1 Å². The van der Waals surface area contributed by atoms with Crippen LogP contribution in [0.5, 0.6) is 0 Å². The molecule has 2 rings (SSSR count). The number of nitrogens with zero attached hydrogens (tertiary/aromatic N) is 2. The fourth-order valence-electron chi connectivity index (χ4n) is 3.23. The molecule has 0 spiro atoms. The highest BCUT2D eigenvalue weighted by molar-refractivity contribution is 8.00. The number of ether oxygens (including phenoxy) is 1. The monoisotopic (exact) mass is 596 g/mol. The van der Waals surface area contributed by atoms with Gasteiger partial charge >= 0.3 is 23.6 Å². The molecule has 222 valence electrons. The van der Waals surface area contributed by atoms with Gasteiger partial charge in [0, 0.05) is 49.4 Å². The average Bonchev–Trinajstić information content (AvgIpc) is 2.89. The third-order valence-electron chi connectivity index (χ3n) is 5.49. The van der Waals surface area contributed by atoms with Gasteiger partial charge in [0.1, 0.15) is 5.76 Å². The third-order valence-corrected chi connectivity index (χ3v) is 6.21. The summed E-state index contributed by atoms with van der Waals surface area (Å²) in [7, 11) is 1.50. The molecule has 0 heterocycles. The lowest BCUT2D eigenvalue weighted by Crippen LogP contribution is -2.41. The molecule has 10 nitrogen and oxygen atoms in total. The summed E-state index contributed by atoms with van der Waals surface area (Å²) in [5.41, 5.74) is -3.42. The first-order chi connectivity index (χ1) is 19.3. The minimum atomic E-state index is -4.49. The summed E-state index contributed by atoms with van der Waals surface area (Å²) in [6.07, 6.45) is 0.769. The molecule has 41 heavy (non-hydrogen) atoms. The van der Waals surface area contributed by atoms with Crippen LogP contribution in [-0.4, -0.2) is 71.1 Å². The van der Waals surface area contributed by atoms with Crippen molar-refractivity contribution in [3.63, 3.8) is 0 Å². The molecule has 0 saturated carbocycles. The average molecular weight is 597 g/mol. The Kier molecular flexibility index (Phi) is 12.5. The normalized spacial score (nSPS) is 11.4. The number of anilines is 1. The first-order valence-corrected chi connectivity index (χ1v) is 13.2. The summed E-state index contributed by atoms with van der Waals surface area (Å²) < 4.78 is 43.5. The first-order valence-electron chi connectivity index (χ1n) is 12.3. The molecule has 0 aliphatic heterocycles. The Bertz CT molecular complexity index is 1250. The van der Waals surface area contributed by atoms with Crippen molar-refractivity contribution < 1.29 is 42.2 Å². The highest BCUT2D eigenvalue weighted by atomic mass is 32.2. The largest absolute Gasteiger partial charge is 0.481 e. The topological polar surface area (TPSA) is 128 Å². The van der Waals surface area contributed by atoms with Crippen LogP contribution in [0.4, 0.5) is 28.4 Å². The van der Waals surface area contributed by atoms with Crippen LogP contribution in [0.1, 0.15) is 36.2 Å². The summed E-state index contributed by atoms with van der Waals surface area (Å²) in [6.45, 7) is 3.46. The molecular formula is C27H31F3N4O6S. The van der Waals surface area contributed by atoms with Gasteiger partial charge in [0.25, 0.3) is 5.91 Å². The number of urea groups is 1. The van der Waals surface area contributed by atoms with Crippen molar-refractivity contribution in [2.75, 3.05) is 32.0 Å². The molecule has 3 N–H and O–H groups in total. The van der Waals surface area contributed by atoms with E-state index in [2.05, 4.69) is 10.6 Å². The van der Waals surface area contributed by atoms with Crippen LogP contribution in [-0.2, 0) is 16.1 Å². The number of hydrogen-bond acceptors (Lipinski definition) is 6. The van der Waals surface area contributed by atoms with Crippen LogP contribution in [0.2, 0.25) is 0 Å². The van der Waals surface area contributed by atoms with Crippen LogP contribution >= 0.6 is 11.8 Å². The predicted octanol–water partition coefficient (Wildman–Crippen LogP) is 5.53. The Hall–Kier alpha value is -4.20. The number of benzene rings is 2. The molecule has 2 aromatic rings. The molecule has 0 bridgehead atoms. The molecule has 14 heteroatoms. The zero-order valence-electron chi connectivity index (χ0n) is 22.7. The number of likely N-dealkylation sites (N-methyl/N-ethyl adjacent to an activating group) is 1. The van der Waals surface area contributed by atoms with E-state index in [1.807, 2.05) is 0 Å². The second-order valence-electron chi connectivity index (χ2n) is 8.71. The van der Waals surface area contributed by atoms with Gasteiger partial charge in [0.15, 0.2) is 0 Å². The van der Waals surface area contributed by atoms with Crippen LogP contribution in [0.25, 0.3) is 0 Å². The molecule has 0 atom stereocenters. The number of nitrogens with one attached hydrogen (secondary N) is 2. The number of amides is 4. The number of carboxylic acids is 1. The number of rotatable bonds is 12. The van der Waals surface area contributed by atoms with Crippen molar-refractivity contribution >= 4 is 41.5 Å². The van der Waals surface area contributed by atoms with Crippen LogP contribution in [0, 0.1) is 0 Å². The van der Waals surface area contributed by atoms with Gasteiger partial charge in [-0.3, -0.25) is 9.59 Å². The fraction of sp³-hybridized carbons (Fsp3) is 0.333. The van der Waals surface area contributed by atoms with Gasteiger partial charge in [-0.15, -0.1) is 0 Å². The maximum Gasteiger partial charge on any atom is 0.446 e. The Labute approximate surface area is 239 Å². The van der Waals surface area contributed by atoms with E-state index in [4.69, 9.17) is 9.84 Å². The summed E-state index contributed by atoms with van der Waals surface area (Å²) >= 11 is -0.302. The lowest BCUT2D eigenvalue weighted by atomic mass is 10.1. The van der Waals surface area contributed by atoms with Gasteiger partial charge in [-0.25, -0.2) is 9.59 Å². The summed E-state index contributed by atoms with van der Waals surface area (Å²) in [5, 5.41) is 13.8. The molecule has 0 fully saturated rings. The molecule has 0 saturated heterocycles. The van der Waals surface area contributed by atoms with Crippen LogP contribution in [0.15, 0.2) is 65.3 Å². The molecule has 0 unspecified atom stereocenters. The molecule has 2 aromatic carbocycles. The predicted molar refractivity (Wildman–Crippen MR) is 147 cm³/mol. The molecular weight excluding hydrogens is 565 g/mol. The third kappa shape index (κ3) is 12.2. The number of carboxylic acid groups (broad SMARTS) is 1. The number of allylic oxidation sites excluding steroid dienone is 2. The maximum absolute atomic E-state index is 13.2. The van der Waals surface area contributed by atoms with E-state index in [0.29, 0.717) is 11.3 Å². The second-order valence-corrected chi connectivity index (χ2v) is 9.85. The SMILES string of the molecule is C/C=C(\C)OC(=O)N(C)CCN(Cc1ccc(C(=O)NCCC(=O)O)cc1)C(=O)Nc1cccc(SC(F)(F)F)c1. The number of hydrogen-bond donors (Lipinski definition) is 3. The van der Waals surface area contributed by atoms with Crippen molar-refractivity contribution in [3.8, 4) is 0 Å². The highest BCUT2D eigenvalue weighted by Gasteiger charge is 2.29. The smallest absolute Gasteiger partial charge is 0.446 e. The number of carbonyl (C=O) groups is 4. The number of aliphatic carboxylic acids is 1. The van der Waals surface area contributed by atoms with Gasteiger partial charge in [-0.05, 0) is 67.6 Å². The van der Waals surface area contributed by atoms with Gasteiger partial charge in [-0.2, -0.15) is 13.2 Å². The number of halogens is 3. The number of carbonyl (C=O) groups excluding carboxylic acids is 3. The van der Waals surface area contributed by atoms with Gasteiger partial charge < -0.3 is 30.3 Å². The van der Waals surface area contributed by atoms with Crippen LogP contribution in [0.3, 0.4) is 0 Å². The van der Waals surface area contributed by atoms with Gasteiger partial charge in [0.05, 0.1) is 6.42 Å². The van der Waals surface area contributed by atoms with E-state index >= 15 is 0 Å². The van der Waals surface area contributed by atoms with E-state index in [1.54, 1.807) is 32.1 Å². The quantitative estimate of drug-likeness (QED) is 0.217. The maximum atomic E-state index is 13.2. The summed E-state index contributed by atoms with van der Waals surface area (Å²) in [4.78, 5) is 50.9. The Balaban J connectivity index is 2.16. The number of alkyl halides is 3. The lowest BCUT2D eigenvalue weighted by Gasteiger charge is -2.26. The zero-order valence-corrected chi connectivity index (χ0v) is 23.5. The molecule has 0 aliphatic carbocycles. The van der Waals surface area contributed by atoms with Crippen molar-refractivity contribution in [2.24, 2.45) is 0 Å². The molecule has 0 aromatic heterocycles. The zero-order chi connectivity index (χ0) is 30.6. The van der Waals surface area contributed by atoms with Gasteiger partial charge in [-0.1, -0.05) is 18.2 Å². The highest BCUT2D eigenvalue weighted by Crippen LogP contribution is 2.37. The molecule has 4 amide bonds. The minimum Gasteiger partial charge on any atom is -0.481 e. The Morgan fingerprint density at radius 3 is 2.37 bits per heavy atom. The second kappa shape index (κ2) is 15.6. The lowest BCUT2D eigenvalue weighted by molar-refractivity contribution is -0.136. The minimum absolute atomic E-state index is 0.0317. The van der Waals surface area contributed by atoms with E-state index in [9.17, 15) is 32.3 Å². The number of thioether (sulfide) groups is 1. The van der Waals surface area contributed by atoms with Crippen molar-refractivity contribution in [2.45, 2.75) is 37.2 Å². The first kappa shape index (κ1) is 33.0. The molecule has 0 radical (unpaired) electrons. The van der Waals surface area contributed by atoms with Crippen LogP contribution < -0.4 is 10.6 Å². The van der Waals surface area contributed by atoms with E-state index in [0.717, 1.165) is 0 Å². The Morgan fingerprint density at radius 1 is 1.07 bits per heavy atom. The van der Waals surface area contributed by atoms with E-state index < -0.39 is 29.5 Å². The molecule has 0 aliphatic rings. The van der Waals surface area contributed by atoms with Crippen molar-refractivity contribution in [1.29, 1.82) is 0 Å². The van der Waals surface area contributed by atoms with Gasteiger partial charge in [0.2, 0.25) is 0 Å². The van der Waals surface area contributed by atoms with E-state index in [-0.39, 0.29) is 60.5 Å². The fourth-order valence-corrected chi connectivity index (χ4v) is 3.83. The Morgan fingerprint density at radius 2 is 1.76 bits per heavy atom. The van der Waals surface area contributed by atoms with E-state index in [1.165, 1.54) is 53.2 Å². The summed E-state index contributed by atoms with van der Waals surface area (Å²) in [5.74, 6) is -1.10.